The van der Waals surface area contributed by atoms with E-state index in [-0.39, 0.29) is 4.21 Å². The Labute approximate surface area is 154 Å². The number of thiophene rings is 1. The second-order valence-corrected chi connectivity index (χ2v) is 8.46. The molecule has 0 atom stereocenters. The fraction of sp³-hybridized carbons (Fsp3) is 0.0556. The average Bonchev–Trinajstić information content (AvgIpc) is 3.31. The lowest BCUT2D eigenvalue weighted by atomic mass is 10.1. The van der Waals surface area contributed by atoms with Gasteiger partial charge in [0, 0.05) is 34.6 Å². The zero-order valence-electron chi connectivity index (χ0n) is 13.8. The van der Waals surface area contributed by atoms with E-state index in [1.165, 1.54) is 7.11 Å². The molecule has 0 unspecified atom stereocenters. The zero-order chi connectivity index (χ0) is 18.1. The van der Waals surface area contributed by atoms with Gasteiger partial charge in [0.1, 0.15) is 9.96 Å². The van der Waals surface area contributed by atoms with Crippen LogP contribution >= 0.6 is 11.3 Å². The molecule has 0 spiro atoms. The molecule has 2 N–H and O–H groups in total. The highest BCUT2D eigenvalue weighted by Crippen LogP contribution is 2.33. The molecule has 3 heterocycles. The van der Waals surface area contributed by atoms with Crippen LogP contribution in [-0.2, 0) is 10.0 Å². The number of H-pyrrole nitrogens is 1. The van der Waals surface area contributed by atoms with Crippen LogP contribution in [0.1, 0.15) is 0 Å². The third-order valence-corrected chi connectivity index (χ3v) is 6.70. The van der Waals surface area contributed by atoms with Gasteiger partial charge in [-0.25, -0.2) is 8.42 Å². The number of pyridine rings is 1. The van der Waals surface area contributed by atoms with E-state index in [9.17, 15) is 8.42 Å². The highest BCUT2D eigenvalue weighted by atomic mass is 32.2. The van der Waals surface area contributed by atoms with Gasteiger partial charge < -0.3 is 9.72 Å². The molecule has 4 rings (SSSR count). The van der Waals surface area contributed by atoms with Crippen molar-refractivity contribution in [1.82, 2.24) is 9.97 Å². The summed E-state index contributed by atoms with van der Waals surface area (Å²) in [6, 6.07) is 12.5. The minimum atomic E-state index is -3.66. The Morgan fingerprint density at radius 1 is 1.19 bits per heavy atom. The molecule has 26 heavy (non-hydrogen) atoms. The molecule has 1 aromatic carbocycles. The van der Waals surface area contributed by atoms with Crippen LogP contribution in [0, 0.1) is 0 Å². The van der Waals surface area contributed by atoms with Crippen molar-refractivity contribution >= 4 is 38.0 Å². The Morgan fingerprint density at radius 2 is 2.08 bits per heavy atom. The van der Waals surface area contributed by atoms with Crippen molar-refractivity contribution in [1.29, 1.82) is 0 Å². The van der Waals surface area contributed by atoms with Crippen LogP contribution in [-0.4, -0.2) is 25.5 Å². The van der Waals surface area contributed by atoms with Crippen molar-refractivity contribution < 1.29 is 13.2 Å². The van der Waals surface area contributed by atoms with Gasteiger partial charge in [0.25, 0.3) is 10.0 Å². The van der Waals surface area contributed by atoms with Gasteiger partial charge in [-0.3, -0.25) is 9.71 Å². The Bertz CT molecular complexity index is 1130. The topological polar surface area (TPSA) is 84.1 Å². The number of benzene rings is 1. The molecule has 4 aromatic rings. The fourth-order valence-electron chi connectivity index (χ4n) is 2.69. The SMILES string of the molecule is COc1ccc(-c2cc3cnccc3[nH]2)cc1NS(=O)(=O)c1cccs1. The van der Waals surface area contributed by atoms with E-state index in [0.29, 0.717) is 11.4 Å². The van der Waals surface area contributed by atoms with E-state index in [2.05, 4.69) is 14.7 Å². The minimum Gasteiger partial charge on any atom is -0.495 e. The monoisotopic (exact) mass is 385 g/mol. The number of aromatic nitrogens is 2. The van der Waals surface area contributed by atoms with Crippen LogP contribution in [0.3, 0.4) is 0 Å². The van der Waals surface area contributed by atoms with Crippen LogP contribution in [0.4, 0.5) is 5.69 Å². The lowest BCUT2D eigenvalue weighted by molar-refractivity contribution is 0.417. The second-order valence-electron chi connectivity index (χ2n) is 5.60. The summed E-state index contributed by atoms with van der Waals surface area (Å²) in [4.78, 5) is 7.42. The highest BCUT2D eigenvalue weighted by Gasteiger charge is 2.18. The molecule has 0 amide bonds. The molecule has 0 bridgehead atoms. The van der Waals surface area contributed by atoms with Gasteiger partial charge in [0.05, 0.1) is 12.8 Å². The maximum Gasteiger partial charge on any atom is 0.271 e. The number of fused-ring (bicyclic) bond motifs is 1. The van der Waals surface area contributed by atoms with Crippen LogP contribution in [0.15, 0.2) is 64.4 Å². The van der Waals surface area contributed by atoms with Crippen molar-refractivity contribution in [3.63, 3.8) is 0 Å². The highest BCUT2D eigenvalue weighted by molar-refractivity contribution is 7.94. The first-order valence-electron chi connectivity index (χ1n) is 7.74. The first kappa shape index (κ1) is 16.6. The molecule has 132 valence electrons. The van der Waals surface area contributed by atoms with E-state index in [1.807, 2.05) is 18.2 Å². The van der Waals surface area contributed by atoms with Crippen LogP contribution in [0.2, 0.25) is 0 Å². The molecule has 3 aromatic heterocycles. The number of methoxy groups -OCH3 is 1. The third-order valence-electron chi connectivity index (χ3n) is 3.94. The molecular weight excluding hydrogens is 370 g/mol. The predicted molar refractivity (Wildman–Crippen MR) is 103 cm³/mol. The average molecular weight is 385 g/mol. The minimum absolute atomic E-state index is 0.252. The van der Waals surface area contributed by atoms with Crippen LogP contribution in [0.25, 0.3) is 22.2 Å². The van der Waals surface area contributed by atoms with Crippen molar-refractivity contribution in [2.45, 2.75) is 4.21 Å². The molecular formula is C18H15N3O3S2. The molecule has 0 saturated heterocycles. The van der Waals surface area contributed by atoms with Gasteiger partial charge in [0.15, 0.2) is 0 Å². The summed E-state index contributed by atoms with van der Waals surface area (Å²) in [5.41, 5.74) is 3.06. The molecule has 8 heteroatoms. The lowest BCUT2D eigenvalue weighted by Gasteiger charge is -2.12. The molecule has 6 nitrogen and oxygen atoms in total. The Kier molecular flexibility index (Phi) is 4.14. The number of hydrogen-bond acceptors (Lipinski definition) is 5. The van der Waals surface area contributed by atoms with Gasteiger partial charge in [0.2, 0.25) is 0 Å². The molecule has 0 radical (unpaired) electrons. The number of anilines is 1. The third kappa shape index (κ3) is 3.04. The first-order valence-corrected chi connectivity index (χ1v) is 10.1. The summed E-state index contributed by atoms with van der Waals surface area (Å²) >= 11 is 1.16. The number of ether oxygens (including phenoxy) is 1. The zero-order valence-corrected chi connectivity index (χ0v) is 15.4. The summed E-state index contributed by atoms with van der Waals surface area (Å²) < 4.78 is 33.3. The number of nitrogens with zero attached hydrogens (tertiary/aromatic N) is 1. The number of hydrogen-bond donors (Lipinski definition) is 2. The van der Waals surface area contributed by atoms with E-state index in [4.69, 9.17) is 4.74 Å². The lowest BCUT2D eigenvalue weighted by Crippen LogP contribution is -2.12. The molecule has 0 fully saturated rings. The largest absolute Gasteiger partial charge is 0.495 e. The van der Waals surface area contributed by atoms with Gasteiger partial charge in [-0.2, -0.15) is 0 Å². The molecule has 0 aliphatic heterocycles. The Hall–Kier alpha value is -2.84. The molecule has 0 saturated carbocycles. The number of sulfonamides is 1. The number of aromatic amines is 1. The summed E-state index contributed by atoms with van der Waals surface area (Å²) in [7, 11) is -2.15. The first-order chi connectivity index (χ1) is 12.6. The van der Waals surface area contributed by atoms with Gasteiger partial charge in [-0.1, -0.05) is 6.07 Å². The predicted octanol–water partition coefficient (Wildman–Crippen LogP) is 4.10. The Morgan fingerprint density at radius 3 is 2.81 bits per heavy atom. The molecule has 0 aliphatic carbocycles. The summed E-state index contributed by atoms with van der Waals surface area (Å²) in [5, 5.41) is 2.71. The molecule has 0 aliphatic rings. The fourth-order valence-corrected chi connectivity index (χ4v) is 4.75. The number of nitrogens with one attached hydrogen (secondary N) is 2. The van der Waals surface area contributed by atoms with E-state index >= 15 is 0 Å². The van der Waals surface area contributed by atoms with E-state index in [0.717, 1.165) is 33.5 Å². The van der Waals surface area contributed by atoms with Gasteiger partial charge in [-0.05, 0) is 41.8 Å². The maximum absolute atomic E-state index is 12.5. The Balaban J connectivity index is 1.76. The standard InChI is InChI=1S/C18H15N3O3S2/c1-24-17-5-4-12(15-10-13-11-19-7-6-14(13)20-15)9-16(17)21-26(22,23)18-3-2-8-25-18/h2-11,20-21H,1H3. The summed E-state index contributed by atoms with van der Waals surface area (Å²) in [6.45, 7) is 0. The van der Waals surface area contributed by atoms with E-state index < -0.39 is 10.0 Å². The van der Waals surface area contributed by atoms with Crippen molar-refractivity contribution in [3.05, 3.63) is 60.2 Å². The summed E-state index contributed by atoms with van der Waals surface area (Å²) in [6.07, 6.45) is 3.50. The van der Waals surface area contributed by atoms with E-state index in [1.54, 1.807) is 42.0 Å². The number of rotatable bonds is 5. The van der Waals surface area contributed by atoms with Gasteiger partial charge in [-0.15, -0.1) is 11.3 Å². The van der Waals surface area contributed by atoms with Gasteiger partial charge >= 0.3 is 0 Å². The smallest absolute Gasteiger partial charge is 0.271 e. The maximum atomic E-state index is 12.5. The van der Waals surface area contributed by atoms with Crippen molar-refractivity contribution in [2.24, 2.45) is 0 Å². The van der Waals surface area contributed by atoms with Crippen molar-refractivity contribution in [2.75, 3.05) is 11.8 Å². The second kappa shape index (κ2) is 6.47. The van der Waals surface area contributed by atoms with Crippen molar-refractivity contribution in [3.8, 4) is 17.0 Å². The van der Waals surface area contributed by atoms with Crippen LogP contribution in [0.5, 0.6) is 5.75 Å². The quantitative estimate of drug-likeness (QED) is 0.542. The summed E-state index contributed by atoms with van der Waals surface area (Å²) in [5.74, 6) is 0.451. The van der Waals surface area contributed by atoms with Crippen LogP contribution < -0.4 is 9.46 Å². The normalized spacial score (nSPS) is 11.6.